The number of ether oxygens (including phenoxy) is 1. The fourth-order valence-electron chi connectivity index (χ4n) is 2.74. The third-order valence-electron chi connectivity index (χ3n) is 4.16. The van der Waals surface area contributed by atoms with Gasteiger partial charge < -0.3 is 14.5 Å². The number of rotatable bonds is 7. The van der Waals surface area contributed by atoms with Crippen LogP contribution in [0.2, 0.25) is 0 Å². The van der Waals surface area contributed by atoms with E-state index in [1.54, 1.807) is 29.2 Å². The second kappa shape index (κ2) is 8.43. The van der Waals surface area contributed by atoms with Crippen molar-refractivity contribution in [1.82, 2.24) is 9.78 Å². The molecule has 0 unspecified atom stereocenters. The van der Waals surface area contributed by atoms with Gasteiger partial charge in [0, 0.05) is 6.20 Å². The molecule has 1 N–H and O–H groups in total. The summed E-state index contributed by atoms with van der Waals surface area (Å²) >= 11 is 0. The Morgan fingerprint density at radius 3 is 2.66 bits per heavy atom. The number of carbonyl (C=O) groups excluding carboxylic acids is 1. The van der Waals surface area contributed by atoms with Gasteiger partial charge in [-0.1, -0.05) is 30.3 Å². The molecular weight excluding hydrogens is 373 g/mol. The number of furan rings is 1. The predicted octanol–water partition coefficient (Wildman–Crippen LogP) is 4.49. The van der Waals surface area contributed by atoms with Gasteiger partial charge in [-0.05, 0) is 42.0 Å². The first-order chi connectivity index (χ1) is 14.2. The zero-order valence-corrected chi connectivity index (χ0v) is 15.4. The largest absolute Gasteiger partial charge is 0.486 e. The molecule has 0 spiro atoms. The predicted molar refractivity (Wildman–Crippen MR) is 105 cm³/mol. The molecule has 0 saturated heterocycles. The Kier molecular flexibility index (Phi) is 5.38. The monoisotopic (exact) mass is 391 g/mol. The van der Waals surface area contributed by atoms with Crippen LogP contribution in [0.1, 0.15) is 21.9 Å². The fourth-order valence-corrected chi connectivity index (χ4v) is 2.74. The summed E-state index contributed by atoms with van der Waals surface area (Å²) in [6, 6.07) is 18.8. The molecule has 6 nitrogen and oxygen atoms in total. The summed E-state index contributed by atoms with van der Waals surface area (Å²) in [5.74, 6) is 0.455. The van der Waals surface area contributed by atoms with Gasteiger partial charge in [-0.3, -0.25) is 9.48 Å². The van der Waals surface area contributed by atoms with Crippen molar-refractivity contribution in [3.8, 4) is 5.75 Å². The first kappa shape index (κ1) is 18.5. The van der Waals surface area contributed by atoms with Crippen LogP contribution < -0.4 is 10.1 Å². The normalized spacial score (nSPS) is 10.7. The quantitative estimate of drug-likeness (QED) is 0.504. The van der Waals surface area contributed by atoms with Crippen LogP contribution in [0, 0.1) is 5.82 Å². The molecule has 7 heteroatoms. The number of anilines is 1. The van der Waals surface area contributed by atoms with Crippen LogP contribution in [0.25, 0.3) is 0 Å². The molecule has 1 amide bonds. The molecule has 0 radical (unpaired) electrons. The Morgan fingerprint density at radius 1 is 1.07 bits per heavy atom. The molecule has 0 fully saturated rings. The molecule has 0 atom stereocenters. The molecule has 4 aromatic rings. The third-order valence-corrected chi connectivity index (χ3v) is 4.16. The smallest absolute Gasteiger partial charge is 0.291 e. The summed E-state index contributed by atoms with van der Waals surface area (Å²) < 4.78 is 25.7. The Hall–Kier alpha value is -3.87. The first-order valence-corrected chi connectivity index (χ1v) is 9.00. The van der Waals surface area contributed by atoms with Gasteiger partial charge in [-0.25, -0.2) is 4.39 Å². The standard InChI is InChI=1S/C22H18FN3O3/c23-17-6-8-19(9-7-17)28-15-20-10-11-21(29-20)22(27)25-18-12-24-26(14-18)13-16-4-2-1-3-5-16/h1-12,14H,13,15H2,(H,25,27). The van der Waals surface area contributed by atoms with E-state index in [0.717, 1.165) is 5.56 Å². The third kappa shape index (κ3) is 4.90. The highest BCUT2D eigenvalue weighted by Gasteiger charge is 2.13. The van der Waals surface area contributed by atoms with E-state index in [9.17, 15) is 9.18 Å². The minimum absolute atomic E-state index is 0.133. The van der Waals surface area contributed by atoms with Crippen molar-refractivity contribution in [2.24, 2.45) is 0 Å². The van der Waals surface area contributed by atoms with E-state index in [4.69, 9.17) is 9.15 Å². The Bertz CT molecular complexity index is 1090. The van der Waals surface area contributed by atoms with Gasteiger partial charge in [0.25, 0.3) is 5.91 Å². The minimum atomic E-state index is -0.378. The van der Waals surface area contributed by atoms with Gasteiger partial charge in [-0.2, -0.15) is 5.10 Å². The number of nitrogens with one attached hydrogen (secondary N) is 1. The Balaban J connectivity index is 1.32. The molecule has 2 aromatic carbocycles. The molecule has 2 aromatic heterocycles. The maximum atomic E-state index is 12.9. The zero-order chi connectivity index (χ0) is 20.1. The summed E-state index contributed by atoms with van der Waals surface area (Å²) in [6.07, 6.45) is 3.34. The summed E-state index contributed by atoms with van der Waals surface area (Å²) in [5.41, 5.74) is 1.69. The number of hydrogen-bond acceptors (Lipinski definition) is 4. The van der Waals surface area contributed by atoms with Gasteiger partial charge in [0.05, 0.1) is 18.4 Å². The van der Waals surface area contributed by atoms with E-state index in [1.165, 1.54) is 24.3 Å². The second-order valence-corrected chi connectivity index (χ2v) is 6.37. The lowest BCUT2D eigenvalue weighted by Crippen LogP contribution is -2.10. The van der Waals surface area contributed by atoms with Gasteiger partial charge in [-0.15, -0.1) is 0 Å². The van der Waals surface area contributed by atoms with Crippen molar-refractivity contribution in [3.63, 3.8) is 0 Å². The highest BCUT2D eigenvalue weighted by Crippen LogP contribution is 2.16. The Labute approximate surface area is 166 Å². The molecular formula is C22H18FN3O3. The fraction of sp³-hybridized carbons (Fsp3) is 0.0909. The second-order valence-electron chi connectivity index (χ2n) is 6.37. The highest BCUT2D eigenvalue weighted by molar-refractivity contribution is 6.02. The van der Waals surface area contributed by atoms with Crippen LogP contribution in [-0.2, 0) is 13.2 Å². The van der Waals surface area contributed by atoms with Gasteiger partial charge in [0.2, 0.25) is 0 Å². The molecule has 0 aliphatic rings. The average Bonchev–Trinajstić information content (AvgIpc) is 3.38. The summed E-state index contributed by atoms with van der Waals surface area (Å²) in [4.78, 5) is 12.4. The van der Waals surface area contributed by atoms with E-state index < -0.39 is 0 Å². The van der Waals surface area contributed by atoms with E-state index in [-0.39, 0.29) is 24.1 Å². The van der Waals surface area contributed by atoms with Crippen LogP contribution in [0.3, 0.4) is 0 Å². The minimum Gasteiger partial charge on any atom is -0.486 e. The van der Waals surface area contributed by atoms with Crippen LogP contribution in [0.4, 0.5) is 10.1 Å². The molecule has 4 rings (SSSR count). The zero-order valence-electron chi connectivity index (χ0n) is 15.4. The number of nitrogens with zero attached hydrogens (tertiary/aromatic N) is 2. The molecule has 2 heterocycles. The van der Waals surface area contributed by atoms with E-state index in [1.807, 2.05) is 30.3 Å². The number of aromatic nitrogens is 2. The number of benzene rings is 2. The SMILES string of the molecule is O=C(Nc1cnn(Cc2ccccc2)c1)c1ccc(COc2ccc(F)cc2)o1. The topological polar surface area (TPSA) is 69.3 Å². The van der Waals surface area contributed by atoms with Crippen molar-refractivity contribution in [1.29, 1.82) is 0 Å². The number of amides is 1. The number of hydrogen-bond donors (Lipinski definition) is 1. The summed E-state index contributed by atoms with van der Waals surface area (Å²) in [7, 11) is 0. The highest BCUT2D eigenvalue weighted by atomic mass is 19.1. The maximum Gasteiger partial charge on any atom is 0.291 e. The van der Waals surface area contributed by atoms with Crippen molar-refractivity contribution in [3.05, 3.63) is 102 Å². The van der Waals surface area contributed by atoms with E-state index in [0.29, 0.717) is 23.7 Å². The van der Waals surface area contributed by atoms with Crippen LogP contribution >= 0.6 is 0 Å². The maximum absolute atomic E-state index is 12.9. The number of carbonyl (C=O) groups is 1. The Morgan fingerprint density at radius 2 is 1.86 bits per heavy atom. The van der Waals surface area contributed by atoms with E-state index in [2.05, 4.69) is 10.4 Å². The van der Waals surface area contributed by atoms with Crippen LogP contribution in [0.5, 0.6) is 5.75 Å². The van der Waals surface area contributed by atoms with Crippen molar-refractivity contribution in [2.45, 2.75) is 13.2 Å². The van der Waals surface area contributed by atoms with Gasteiger partial charge >= 0.3 is 0 Å². The molecule has 0 bridgehead atoms. The lowest BCUT2D eigenvalue weighted by atomic mass is 10.2. The average molecular weight is 391 g/mol. The molecule has 146 valence electrons. The van der Waals surface area contributed by atoms with Crippen molar-refractivity contribution < 1.29 is 18.3 Å². The van der Waals surface area contributed by atoms with Crippen LogP contribution in [-0.4, -0.2) is 15.7 Å². The number of halogens is 1. The molecule has 0 aliphatic heterocycles. The lowest BCUT2D eigenvalue weighted by Gasteiger charge is -2.04. The van der Waals surface area contributed by atoms with Crippen molar-refractivity contribution >= 4 is 11.6 Å². The van der Waals surface area contributed by atoms with E-state index >= 15 is 0 Å². The van der Waals surface area contributed by atoms with Crippen LogP contribution in [0.15, 0.2) is 83.5 Å². The molecule has 0 saturated carbocycles. The lowest BCUT2D eigenvalue weighted by molar-refractivity contribution is 0.0992. The van der Waals surface area contributed by atoms with Crippen molar-refractivity contribution in [2.75, 3.05) is 5.32 Å². The van der Waals surface area contributed by atoms with Gasteiger partial charge in [0.15, 0.2) is 5.76 Å². The molecule has 0 aliphatic carbocycles. The summed E-state index contributed by atoms with van der Waals surface area (Å²) in [6.45, 7) is 0.746. The molecule has 29 heavy (non-hydrogen) atoms. The summed E-state index contributed by atoms with van der Waals surface area (Å²) in [5, 5.41) is 7.02. The first-order valence-electron chi connectivity index (χ1n) is 9.00. The van der Waals surface area contributed by atoms with Gasteiger partial charge in [0.1, 0.15) is 23.9 Å².